The number of phenols is 1. The molecule has 4 N–H and O–H groups in total. The van der Waals surface area contributed by atoms with Gasteiger partial charge in [-0.15, -0.1) is 0 Å². The summed E-state index contributed by atoms with van der Waals surface area (Å²) in [6.07, 6.45) is 3.04. The van der Waals surface area contributed by atoms with Gasteiger partial charge in [0, 0.05) is 6.54 Å². The van der Waals surface area contributed by atoms with Gasteiger partial charge in [0.1, 0.15) is 5.75 Å². The number of hydrazine groups is 1. The minimum Gasteiger partial charge on any atom is -0.507 e. The van der Waals surface area contributed by atoms with Gasteiger partial charge in [0.2, 0.25) is 0 Å². The molecule has 23 heavy (non-hydrogen) atoms. The number of benzene rings is 2. The Morgan fingerprint density at radius 2 is 1.91 bits per heavy atom. The molecular weight excluding hydrogens is 330 g/mol. The van der Waals surface area contributed by atoms with E-state index in [4.69, 9.17) is 12.2 Å². The molecule has 0 saturated carbocycles. The van der Waals surface area contributed by atoms with Crippen molar-refractivity contribution in [2.75, 3.05) is 18.6 Å². The second-order valence-electron chi connectivity index (χ2n) is 4.90. The number of carbonyl (C=O) groups is 1. The minimum absolute atomic E-state index is 0.0677. The summed E-state index contributed by atoms with van der Waals surface area (Å²) < 4.78 is 0. The van der Waals surface area contributed by atoms with Gasteiger partial charge in [-0.2, -0.15) is 11.8 Å². The van der Waals surface area contributed by atoms with Crippen molar-refractivity contribution in [2.45, 2.75) is 6.42 Å². The molecule has 0 radical (unpaired) electrons. The van der Waals surface area contributed by atoms with Gasteiger partial charge in [-0.05, 0) is 53.6 Å². The molecule has 2 aromatic carbocycles. The maximum absolute atomic E-state index is 12.2. The predicted octanol–water partition coefficient (Wildman–Crippen LogP) is 2.41. The van der Waals surface area contributed by atoms with Crippen LogP contribution >= 0.6 is 24.0 Å². The molecule has 0 fully saturated rings. The van der Waals surface area contributed by atoms with Gasteiger partial charge < -0.3 is 10.4 Å². The minimum atomic E-state index is -0.443. The summed E-state index contributed by atoms with van der Waals surface area (Å²) in [5.74, 6) is 0.538. The normalized spacial score (nSPS) is 10.3. The molecule has 0 saturated heterocycles. The highest BCUT2D eigenvalue weighted by Gasteiger charge is 2.12. The average Bonchev–Trinajstić information content (AvgIpc) is 2.56. The van der Waals surface area contributed by atoms with Crippen molar-refractivity contribution in [2.24, 2.45) is 0 Å². The highest BCUT2D eigenvalue weighted by molar-refractivity contribution is 7.98. The van der Waals surface area contributed by atoms with Crippen LogP contribution in [0.2, 0.25) is 0 Å². The number of thiocarbonyl (C=S) groups is 1. The summed E-state index contributed by atoms with van der Waals surface area (Å²) in [6, 6.07) is 10.7. The molecule has 0 aromatic heterocycles. The second kappa shape index (κ2) is 8.59. The molecule has 1 amide bonds. The molecular formula is C16H19N3O2S2. The van der Waals surface area contributed by atoms with Gasteiger partial charge in [0.15, 0.2) is 5.11 Å². The van der Waals surface area contributed by atoms with Crippen LogP contribution in [-0.2, 0) is 0 Å². The highest BCUT2D eigenvalue weighted by Crippen LogP contribution is 2.24. The molecule has 5 nitrogen and oxygen atoms in total. The first kappa shape index (κ1) is 17.4. The lowest BCUT2D eigenvalue weighted by atomic mass is 10.1. The zero-order valence-corrected chi connectivity index (χ0v) is 14.4. The van der Waals surface area contributed by atoms with Gasteiger partial charge in [-0.1, -0.05) is 24.3 Å². The molecule has 0 bridgehead atoms. The predicted molar refractivity (Wildman–Crippen MR) is 99.8 cm³/mol. The first-order valence-electron chi connectivity index (χ1n) is 7.16. The Balaban J connectivity index is 1.93. The molecule has 0 aliphatic carbocycles. The number of hydrogen-bond donors (Lipinski definition) is 4. The fourth-order valence-electron chi connectivity index (χ4n) is 2.05. The largest absolute Gasteiger partial charge is 0.507 e. The lowest BCUT2D eigenvalue weighted by Gasteiger charge is -2.12. The number of carbonyl (C=O) groups excluding carboxylic acids is 1. The maximum atomic E-state index is 12.2. The number of fused-ring (bicyclic) bond motifs is 1. The average molecular weight is 349 g/mol. The lowest BCUT2D eigenvalue weighted by Crippen LogP contribution is -2.47. The third-order valence-corrected chi connectivity index (χ3v) is 4.15. The molecule has 0 heterocycles. The third kappa shape index (κ3) is 5.01. The monoisotopic (exact) mass is 349 g/mol. The van der Waals surface area contributed by atoms with Crippen LogP contribution in [-0.4, -0.2) is 34.7 Å². The Morgan fingerprint density at radius 1 is 1.22 bits per heavy atom. The summed E-state index contributed by atoms with van der Waals surface area (Å²) in [4.78, 5) is 12.2. The fourth-order valence-corrected chi connectivity index (χ4v) is 2.64. The Hall–Kier alpha value is -1.99. The first-order chi connectivity index (χ1) is 11.1. The topological polar surface area (TPSA) is 73.4 Å². The standard InChI is InChI=1S/C16H19N3O2S2/c1-23-8-4-7-17-16(22)19-18-15(21)13-9-11-5-2-3-6-12(11)10-14(13)20/h2-3,5-6,9-10,20H,4,7-8H2,1H3,(H,18,21)(H2,17,19,22). The van der Waals surface area contributed by atoms with E-state index < -0.39 is 5.91 Å². The molecule has 0 aliphatic rings. The highest BCUT2D eigenvalue weighted by atomic mass is 32.2. The number of phenolic OH excluding ortho intramolecular Hbond substituents is 1. The van der Waals surface area contributed by atoms with Crippen LogP contribution in [0.25, 0.3) is 10.8 Å². The van der Waals surface area contributed by atoms with Crippen molar-refractivity contribution in [1.29, 1.82) is 0 Å². The maximum Gasteiger partial charge on any atom is 0.273 e. The number of nitrogens with one attached hydrogen (secondary N) is 3. The van der Waals surface area contributed by atoms with Crippen LogP contribution in [0, 0.1) is 0 Å². The van der Waals surface area contributed by atoms with Gasteiger partial charge >= 0.3 is 0 Å². The van der Waals surface area contributed by atoms with E-state index in [1.54, 1.807) is 23.9 Å². The Morgan fingerprint density at radius 3 is 2.61 bits per heavy atom. The van der Waals surface area contributed by atoms with Gasteiger partial charge in [0.25, 0.3) is 5.91 Å². The molecule has 2 rings (SSSR count). The number of amides is 1. The van der Waals surface area contributed by atoms with Crippen LogP contribution < -0.4 is 16.2 Å². The summed E-state index contributed by atoms with van der Waals surface area (Å²) in [5, 5.41) is 15.1. The summed E-state index contributed by atoms with van der Waals surface area (Å²) >= 11 is 6.85. The number of hydrogen-bond acceptors (Lipinski definition) is 4. The quantitative estimate of drug-likeness (QED) is 0.377. The van der Waals surface area contributed by atoms with E-state index in [0.717, 1.165) is 29.5 Å². The van der Waals surface area contributed by atoms with Gasteiger partial charge in [0.05, 0.1) is 5.56 Å². The van der Waals surface area contributed by atoms with Crippen LogP contribution in [0.3, 0.4) is 0 Å². The van der Waals surface area contributed by atoms with Gasteiger partial charge in [-0.25, -0.2) is 0 Å². The zero-order chi connectivity index (χ0) is 16.7. The second-order valence-corrected chi connectivity index (χ2v) is 6.29. The Labute approximate surface area is 144 Å². The number of thioether (sulfide) groups is 1. The smallest absolute Gasteiger partial charge is 0.273 e. The molecule has 0 atom stereocenters. The summed E-state index contributed by atoms with van der Waals surface area (Å²) in [5.41, 5.74) is 5.32. The van der Waals surface area contributed by atoms with E-state index >= 15 is 0 Å². The fraction of sp³-hybridized carbons (Fsp3) is 0.250. The molecule has 0 aliphatic heterocycles. The molecule has 0 spiro atoms. The Bertz CT molecular complexity index is 707. The van der Waals surface area contributed by atoms with Crippen molar-refractivity contribution in [3.8, 4) is 5.75 Å². The van der Waals surface area contributed by atoms with Crippen molar-refractivity contribution in [3.63, 3.8) is 0 Å². The number of aromatic hydroxyl groups is 1. The van der Waals surface area contributed by atoms with Crippen molar-refractivity contribution in [1.82, 2.24) is 16.2 Å². The van der Waals surface area contributed by atoms with E-state index in [9.17, 15) is 9.90 Å². The van der Waals surface area contributed by atoms with Crippen molar-refractivity contribution in [3.05, 3.63) is 42.0 Å². The molecule has 0 unspecified atom stereocenters. The van der Waals surface area contributed by atoms with Crippen LogP contribution in [0.4, 0.5) is 0 Å². The third-order valence-electron chi connectivity index (χ3n) is 3.21. The number of rotatable bonds is 5. The van der Waals surface area contributed by atoms with Gasteiger partial charge in [-0.3, -0.25) is 15.6 Å². The van der Waals surface area contributed by atoms with Crippen LogP contribution in [0.5, 0.6) is 5.75 Å². The van der Waals surface area contributed by atoms with E-state index in [0.29, 0.717) is 5.11 Å². The summed E-state index contributed by atoms with van der Waals surface area (Å²) in [6.45, 7) is 0.740. The SMILES string of the molecule is CSCCCNC(=S)NNC(=O)c1cc2ccccc2cc1O. The van der Waals surface area contributed by atoms with E-state index in [-0.39, 0.29) is 11.3 Å². The summed E-state index contributed by atoms with van der Waals surface area (Å²) in [7, 11) is 0. The molecule has 2 aromatic rings. The van der Waals surface area contributed by atoms with Crippen LogP contribution in [0.15, 0.2) is 36.4 Å². The molecule has 122 valence electrons. The van der Waals surface area contributed by atoms with Crippen LogP contribution in [0.1, 0.15) is 16.8 Å². The zero-order valence-electron chi connectivity index (χ0n) is 12.8. The molecule has 7 heteroatoms. The van der Waals surface area contributed by atoms with Crippen molar-refractivity contribution >= 4 is 45.8 Å². The van der Waals surface area contributed by atoms with Crippen molar-refractivity contribution < 1.29 is 9.90 Å². The van der Waals surface area contributed by atoms with E-state index in [1.165, 1.54) is 0 Å². The first-order valence-corrected chi connectivity index (χ1v) is 8.97. The lowest BCUT2D eigenvalue weighted by molar-refractivity contribution is 0.0941. The van der Waals surface area contributed by atoms with E-state index in [1.807, 2.05) is 30.5 Å². The Kier molecular flexibility index (Phi) is 6.49. The van der Waals surface area contributed by atoms with E-state index in [2.05, 4.69) is 16.2 Å².